The van der Waals surface area contributed by atoms with Gasteiger partial charge < -0.3 is 25.1 Å². The number of fused-ring (bicyclic) bond motifs is 1. The molecule has 1 fully saturated rings. The molecule has 1 aliphatic heterocycles. The van der Waals surface area contributed by atoms with E-state index in [0.717, 1.165) is 12.1 Å². The molecule has 20 heteroatoms. The molecule has 1 saturated heterocycles. The fourth-order valence-electron chi connectivity index (χ4n) is 4.68. The number of anilines is 1. The van der Waals surface area contributed by atoms with Crippen molar-refractivity contribution >= 4 is 47.3 Å². The monoisotopic (exact) mass is 718 g/mol. The van der Waals surface area contributed by atoms with Gasteiger partial charge in [0.25, 0.3) is 0 Å². The molecule has 1 aliphatic rings. The summed E-state index contributed by atoms with van der Waals surface area (Å²) < 4.78 is 85.0. The maximum atomic E-state index is 13.0. The molecule has 15 nitrogen and oxygen atoms in total. The molecule has 1 aromatic carbocycles. The van der Waals surface area contributed by atoms with E-state index in [0.29, 0.717) is 0 Å². The number of hydrogen-bond donors (Lipinski definition) is 4. The molecule has 5 N–H and O–H groups in total. The number of halogens is 3. The number of aliphatic hydroxyl groups is 2. The second-order valence-corrected chi connectivity index (χ2v) is 18.8. The summed E-state index contributed by atoms with van der Waals surface area (Å²) in [5.41, 5.74) is 5.30. The van der Waals surface area contributed by atoms with Gasteiger partial charge in [0.1, 0.15) is 30.2 Å². The Morgan fingerprint density at radius 2 is 1.81 bits per heavy atom. The van der Waals surface area contributed by atoms with Crippen molar-refractivity contribution in [3.05, 3.63) is 48.0 Å². The molecule has 0 saturated carbocycles. The minimum Gasteiger partial charge on any atom is -0.407 e. The van der Waals surface area contributed by atoms with Gasteiger partial charge in [0.2, 0.25) is 5.91 Å². The number of carbonyl (C=O) groups is 2. The number of rotatable bonds is 12. The molecule has 264 valence electrons. The van der Waals surface area contributed by atoms with E-state index < -0.39 is 97.7 Å². The lowest BCUT2D eigenvalue weighted by molar-refractivity contribution is -0.206. The normalized spacial score (nSPS) is 21.4. The first-order valence-corrected chi connectivity index (χ1v) is 19.0. The summed E-state index contributed by atoms with van der Waals surface area (Å²) in [6.07, 6.45) is -11.6. The molecular weight excluding hydrogens is 681 g/mol. The van der Waals surface area contributed by atoms with Crippen LogP contribution in [-0.4, -0.2) is 89.3 Å². The Hall–Kier alpha value is -3.53. The first-order chi connectivity index (χ1) is 22.1. The van der Waals surface area contributed by atoms with E-state index in [1.54, 1.807) is 4.72 Å². The van der Waals surface area contributed by atoms with E-state index in [9.17, 15) is 41.4 Å². The highest BCUT2D eigenvalue weighted by Crippen LogP contribution is 2.42. The lowest BCUT2D eigenvalue weighted by Gasteiger charge is -2.40. The summed E-state index contributed by atoms with van der Waals surface area (Å²) in [5, 5.41) is 20.6. The summed E-state index contributed by atoms with van der Waals surface area (Å²) in [7, 11) is -7.37. The predicted molar refractivity (Wildman–Crippen MR) is 166 cm³/mol. The van der Waals surface area contributed by atoms with Gasteiger partial charge in [0.15, 0.2) is 37.9 Å². The second-order valence-electron chi connectivity index (χ2n) is 12.7. The molecule has 5 atom stereocenters. The number of ether oxygens (including phenoxy) is 1. The van der Waals surface area contributed by atoms with Gasteiger partial charge in [-0.2, -0.15) is 21.6 Å². The summed E-state index contributed by atoms with van der Waals surface area (Å²) in [4.78, 5) is 37.4. The van der Waals surface area contributed by atoms with Crippen LogP contribution in [0, 0.1) is 0 Å². The average Bonchev–Trinajstić information content (AvgIpc) is 3.54. The van der Waals surface area contributed by atoms with Gasteiger partial charge in [-0.1, -0.05) is 45.0 Å². The molecule has 2 aromatic heterocycles. The summed E-state index contributed by atoms with van der Waals surface area (Å²) >= 11 is 0. The van der Waals surface area contributed by atoms with E-state index in [4.69, 9.17) is 19.1 Å². The van der Waals surface area contributed by atoms with Crippen LogP contribution in [0.5, 0.6) is 0 Å². The van der Waals surface area contributed by atoms with Crippen molar-refractivity contribution in [1.82, 2.24) is 24.2 Å². The van der Waals surface area contributed by atoms with Gasteiger partial charge >= 0.3 is 16.5 Å². The number of nitrogens with two attached hydrogens (primary N) is 1. The van der Waals surface area contributed by atoms with E-state index >= 15 is 0 Å². The zero-order chi connectivity index (χ0) is 35.8. The number of carbonyl (C=O) groups excluding carboxylic acids is 2. The molecule has 3 aromatic rings. The molecule has 4 rings (SSSR count). The van der Waals surface area contributed by atoms with E-state index in [1.165, 1.54) is 29.4 Å². The molecular formula is C28H37F3N6O9SSi. The first kappa shape index (κ1) is 37.3. The Bertz CT molecular complexity index is 1770. The minimum absolute atomic E-state index is 0.102. The number of amides is 1. The highest BCUT2D eigenvalue weighted by Gasteiger charge is 2.51. The summed E-state index contributed by atoms with van der Waals surface area (Å²) in [6.45, 7) is 9.12. The first-order valence-electron chi connectivity index (χ1n) is 14.6. The quantitative estimate of drug-likeness (QED) is 0.157. The van der Waals surface area contributed by atoms with Crippen LogP contribution in [0.15, 0.2) is 36.9 Å². The molecule has 0 radical (unpaired) electrons. The van der Waals surface area contributed by atoms with E-state index in [-0.39, 0.29) is 22.0 Å². The van der Waals surface area contributed by atoms with Crippen molar-refractivity contribution in [2.45, 2.75) is 88.6 Å². The third-order valence-corrected chi connectivity index (χ3v) is 13.7. The molecule has 48 heavy (non-hydrogen) atoms. The van der Waals surface area contributed by atoms with Crippen molar-refractivity contribution in [2.24, 2.45) is 0 Å². The summed E-state index contributed by atoms with van der Waals surface area (Å²) in [6, 6.07) is 4.46. The number of hydrogen-bond acceptors (Lipinski definition) is 13. The number of imidazole rings is 1. The molecule has 3 heterocycles. The van der Waals surface area contributed by atoms with Gasteiger partial charge in [0.05, 0.1) is 12.9 Å². The number of aromatic nitrogens is 4. The molecule has 0 aliphatic carbocycles. The van der Waals surface area contributed by atoms with Gasteiger partial charge in [-0.25, -0.2) is 19.7 Å². The Morgan fingerprint density at radius 3 is 2.46 bits per heavy atom. The number of benzene rings is 1. The van der Waals surface area contributed by atoms with Gasteiger partial charge in [-0.05, 0) is 18.1 Å². The number of nitrogens with zero attached hydrogens (tertiary/aromatic N) is 4. The smallest absolute Gasteiger partial charge is 0.407 e. The van der Waals surface area contributed by atoms with Crippen LogP contribution < -0.4 is 10.5 Å². The molecule has 1 amide bonds. The van der Waals surface area contributed by atoms with Gasteiger partial charge in [0, 0.05) is 24.0 Å². The topological polar surface area (TPSA) is 218 Å². The molecule has 1 unspecified atom stereocenters. The molecule has 0 spiro atoms. The number of ketones is 1. The lowest BCUT2D eigenvalue weighted by atomic mass is 9.96. The van der Waals surface area contributed by atoms with Crippen LogP contribution in [0.3, 0.4) is 0 Å². The third kappa shape index (κ3) is 8.18. The number of aliphatic hydroxyl groups excluding tert-OH is 2. The van der Waals surface area contributed by atoms with Crippen molar-refractivity contribution in [1.29, 1.82) is 0 Å². The van der Waals surface area contributed by atoms with E-state index in [2.05, 4.69) is 15.0 Å². The fourth-order valence-corrected chi connectivity index (χ4v) is 6.73. The Morgan fingerprint density at radius 1 is 1.15 bits per heavy atom. The lowest BCUT2D eigenvalue weighted by Crippen LogP contribution is -2.49. The van der Waals surface area contributed by atoms with E-state index in [1.807, 2.05) is 33.9 Å². The van der Waals surface area contributed by atoms with Crippen molar-refractivity contribution in [3.8, 4) is 0 Å². The maximum Gasteiger partial charge on any atom is 0.418 e. The van der Waals surface area contributed by atoms with Crippen molar-refractivity contribution in [3.63, 3.8) is 0 Å². The SMILES string of the molecule is CC(C)(C)[Si](C)(C)O[C@@H]1[C@H](O)[C@@H](COS(=O)(=O)NC(=O)CCC(=O)c2ccccc2C(O)C(F)(F)F)O[C@H]1n1cnc2c(N)ncnc21. The largest absolute Gasteiger partial charge is 0.418 e. The maximum absolute atomic E-state index is 13.0. The zero-order valence-corrected chi connectivity index (χ0v) is 28.4. The highest BCUT2D eigenvalue weighted by atomic mass is 32.2. The Labute approximate surface area is 275 Å². The van der Waals surface area contributed by atoms with Gasteiger partial charge in [-0.15, -0.1) is 0 Å². The zero-order valence-electron chi connectivity index (χ0n) is 26.6. The Kier molecular flexibility index (Phi) is 10.7. The predicted octanol–water partition coefficient (Wildman–Crippen LogP) is 2.69. The number of alkyl halides is 3. The third-order valence-electron chi connectivity index (χ3n) is 8.28. The Balaban J connectivity index is 1.43. The van der Waals surface area contributed by atoms with Crippen LogP contribution in [0.4, 0.5) is 19.0 Å². The second kappa shape index (κ2) is 13.8. The van der Waals surface area contributed by atoms with Crippen LogP contribution in [0.2, 0.25) is 18.1 Å². The van der Waals surface area contributed by atoms with Crippen LogP contribution in [0.25, 0.3) is 11.2 Å². The number of nitrogen functional groups attached to an aromatic ring is 1. The fraction of sp³-hybridized carbons (Fsp3) is 0.536. The molecule has 0 bridgehead atoms. The van der Waals surface area contributed by atoms with Crippen LogP contribution in [-0.2, 0) is 28.4 Å². The van der Waals surface area contributed by atoms with Crippen LogP contribution in [0.1, 0.15) is 61.9 Å². The highest BCUT2D eigenvalue weighted by molar-refractivity contribution is 7.85. The van der Waals surface area contributed by atoms with Gasteiger partial charge in [-0.3, -0.25) is 18.3 Å². The standard InChI is InChI=1S/C28H37F3N6O9SSi/c1-27(2,3)48(4,5)46-22-21(40)18(45-26(22)37-14-35-20-24(32)33-13-34-25(20)37)12-44-47(42,43)36-19(39)11-10-17(38)15-8-6-7-9-16(15)23(41)28(29,30)31/h6-9,13-14,18,21-23,26,40-41H,10-12H2,1-5H3,(H,36,39)(H2,32,33,34)/t18-,21-,22-,23?,26-/m1/s1. The summed E-state index contributed by atoms with van der Waals surface area (Å²) in [5.74, 6) is -2.02. The number of Topliss-reactive ketones (excluding diaryl/α,β-unsaturated/α-hetero) is 1. The average molecular weight is 719 g/mol. The van der Waals surface area contributed by atoms with Crippen LogP contribution >= 0.6 is 0 Å². The number of nitrogens with one attached hydrogen (secondary N) is 1. The van der Waals surface area contributed by atoms with Crippen molar-refractivity contribution < 1.29 is 54.7 Å². The van der Waals surface area contributed by atoms with Crippen molar-refractivity contribution in [2.75, 3.05) is 12.3 Å². The minimum atomic E-state index is -5.04.